The first-order chi connectivity index (χ1) is 21.7. The van der Waals surface area contributed by atoms with E-state index in [2.05, 4.69) is 26.1 Å². The van der Waals surface area contributed by atoms with E-state index in [1.54, 1.807) is 49.4 Å². The molecule has 0 bridgehead atoms. The summed E-state index contributed by atoms with van der Waals surface area (Å²) >= 11 is 0. The van der Waals surface area contributed by atoms with Crippen molar-refractivity contribution in [1.82, 2.24) is 5.32 Å². The van der Waals surface area contributed by atoms with E-state index in [0.717, 1.165) is 51.4 Å². The van der Waals surface area contributed by atoms with Crippen LogP contribution in [0.1, 0.15) is 110 Å². The smallest absolute Gasteiger partial charge is 0.397 e. The maximum atomic E-state index is 12.9. The number of ether oxygens (including phenoxy) is 1. The zero-order valence-electron chi connectivity index (χ0n) is 27.9. The van der Waals surface area contributed by atoms with Crippen LogP contribution in [0.15, 0.2) is 47.1 Å². The highest BCUT2D eigenvalue weighted by molar-refractivity contribution is 7.80. The third-order valence-electron chi connectivity index (χ3n) is 12.4. The fraction of sp³-hybridized carbons (Fsp3) is 0.667. The van der Waals surface area contributed by atoms with Crippen molar-refractivity contribution in [2.75, 3.05) is 7.11 Å². The van der Waals surface area contributed by atoms with Gasteiger partial charge in [-0.2, -0.15) is 8.42 Å². The van der Waals surface area contributed by atoms with Crippen molar-refractivity contribution >= 4 is 22.3 Å². The Morgan fingerprint density at radius 2 is 1.80 bits per heavy atom. The maximum absolute atomic E-state index is 12.9. The topological polar surface area (TPSA) is 139 Å². The van der Waals surface area contributed by atoms with Gasteiger partial charge in [0.05, 0.1) is 13.2 Å². The molecule has 1 aromatic rings. The number of amides is 1. The molecule has 4 aliphatic rings. The minimum atomic E-state index is -4.43. The van der Waals surface area contributed by atoms with Crippen LogP contribution in [-0.2, 0) is 24.2 Å². The molecule has 0 aromatic heterocycles. The summed E-state index contributed by atoms with van der Waals surface area (Å²) in [6, 6.07) is 5.52. The van der Waals surface area contributed by atoms with Gasteiger partial charge in [-0.3, -0.25) is 9.35 Å². The molecule has 46 heavy (non-hydrogen) atoms. The Balaban J connectivity index is 1.20. The fourth-order valence-electron chi connectivity index (χ4n) is 9.85. The molecule has 0 saturated heterocycles. The SMILES string of the molecule is COc1ccc(C(NC(=O)C(C)=CCCC(C)C2CCC3=C4CCC5CC(OS(=O)(=O)O)CCC5(C)C4CCC32C)C(=O)O)cc1. The Kier molecular flexibility index (Phi) is 10.1. The van der Waals surface area contributed by atoms with E-state index >= 15 is 0 Å². The van der Waals surface area contributed by atoms with E-state index in [9.17, 15) is 27.7 Å². The van der Waals surface area contributed by atoms with Gasteiger partial charge in [0.15, 0.2) is 6.04 Å². The zero-order valence-corrected chi connectivity index (χ0v) is 28.7. The van der Waals surface area contributed by atoms with E-state index in [4.69, 9.17) is 8.92 Å². The minimum absolute atomic E-state index is 0.139. The molecule has 3 fully saturated rings. The fourth-order valence-corrected chi connectivity index (χ4v) is 10.4. The van der Waals surface area contributed by atoms with Crippen LogP contribution in [-0.4, -0.2) is 43.2 Å². The Labute approximate surface area is 274 Å². The second-order valence-corrected chi connectivity index (χ2v) is 15.8. The second kappa shape index (κ2) is 13.4. The van der Waals surface area contributed by atoms with Crippen molar-refractivity contribution in [3.8, 4) is 5.75 Å². The summed E-state index contributed by atoms with van der Waals surface area (Å²) in [5.74, 6) is 1.12. The standard InChI is InChI=1S/C36H51NO8S/c1-22(7-6-8-23(2)33(38)37-32(34(39)40)24-9-12-26(44-5)13-10-24)29-15-16-30-28-14-11-25-21-27(45-46(41,42)43)17-19-35(25,3)31(28)18-20-36(29,30)4/h8-10,12-13,22,25,27,29,31-32H,6-7,11,14-21H2,1-5H3,(H,37,38)(H,39,40)(H,41,42,43). The van der Waals surface area contributed by atoms with Gasteiger partial charge in [0.25, 0.3) is 0 Å². The van der Waals surface area contributed by atoms with Crippen LogP contribution in [0, 0.1) is 34.5 Å². The molecule has 8 unspecified atom stereocenters. The molecular formula is C36H51NO8S. The van der Waals surface area contributed by atoms with Crippen LogP contribution >= 0.6 is 0 Å². The Bertz CT molecular complexity index is 1480. The number of benzene rings is 1. The Hall–Kier alpha value is -2.69. The van der Waals surface area contributed by atoms with Crippen LogP contribution in [0.3, 0.4) is 0 Å². The number of fused-ring (bicyclic) bond motifs is 4. The van der Waals surface area contributed by atoms with E-state index in [1.165, 1.54) is 6.42 Å². The normalized spacial score (nSPS) is 32.5. The number of aliphatic carboxylic acids is 1. The number of carbonyl (C=O) groups excluding carboxylic acids is 1. The van der Waals surface area contributed by atoms with Crippen LogP contribution in [0.5, 0.6) is 5.75 Å². The molecule has 254 valence electrons. The largest absolute Gasteiger partial charge is 0.497 e. The molecular weight excluding hydrogens is 606 g/mol. The average Bonchev–Trinajstić information content (AvgIpc) is 3.36. The summed E-state index contributed by atoms with van der Waals surface area (Å²) in [6.45, 7) is 8.97. The lowest BCUT2D eigenvalue weighted by molar-refractivity contribution is -0.141. The number of carboxylic acid groups (broad SMARTS) is 1. The zero-order chi connectivity index (χ0) is 33.4. The molecule has 5 rings (SSSR count). The molecule has 4 aliphatic carbocycles. The summed E-state index contributed by atoms with van der Waals surface area (Å²) in [5, 5.41) is 12.4. The summed E-state index contributed by atoms with van der Waals surface area (Å²) in [7, 11) is -2.89. The molecule has 8 atom stereocenters. The number of rotatable bonds is 11. The molecule has 10 heteroatoms. The van der Waals surface area contributed by atoms with Crippen molar-refractivity contribution in [3.63, 3.8) is 0 Å². The molecule has 0 heterocycles. The van der Waals surface area contributed by atoms with Gasteiger partial charge in [-0.05, 0) is 130 Å². The van der Waals surface area contributed by atoms with Gasteiger partial charge in [0, 0.05) is 5.57 Å². The van der Waals surface area contributed by atoms with E-state index < -0.39 is 28.5 Å². The summed E-state index contributed by atoms with van der Waals surface area (Å²) in [5.41, 5.74) is 4.69. The van der Waals surface area contributed by atoms with E-state index in [0.29, 0.717) is 53.4 Å². The van der Waals surface area contributed by atoms with E-state index in [1.807, 2.05) is 6.08 Å². The first kappa shape index (κ1) is 34.6. The quantitative estimate of drug-likeness (QED) is 0.129. The third kappa shape index (κ3) is 6.95. The van der Waals surface area contributed by atoms with Gasteiger partial charge >= 0.3 is 16.4 Å². The van der Waals surface area contributed by atoms with Crippen LogP contribution in [0.25, 0.3) is 0 Å². The molecule has 1 aromatic carbocycles. The number of allylic oxidation sites excluding steroid dienone is 3. The molecule has 3 N–H and O–H groups in total. The molecule has 0 aliphatic heterocycles. The van der Waals surface area contributed by atoms with Crippen LogP contribution in [0.2, 0.25) is 0 Å². The van der Waals surface area contributed by atoms with E-state index in [-0.39, 0.29) is 16.7 Å². The predicted molar refractivity (Wildman–Crippen MR) is 175 cm³/mol. The van der Waals surface area contributed by atoms with Crippen LogP contribution in [0.4, 0.5) is 0 Å². The summed E-state index contributed by atoms with van der Waals surface area (Å²) in [4.78, 5) is 24.9. The first-order valence-electron chi connectivity index (χ1n) is 16.9. The van der Waals surface area contributed by atoms with Gasteiger partial charge in [0.1, 0.15) is 5.75 Å². The van der Waals surface area contributed by atoms with Crippen molar-refractivity contribution in [2.45, 2.75) is 110 Å². The second-order valence-electron chi connectivity index (χ2n) is 14.8. The lowest BCUT2D eigenvalue weighted by Gasteiger charge is -2.57. The molecule has 1 amide bonds. The number of hydrogen-bond acceptors (Lipinski definition) is 6. The number of nitrogens with one attached hydrogen (secondary N) is 1. The molecule has 3 saturated carbocycles. The monoisotopic (exact) mass is 657 g/mol. The van der Waals surface area contributed by atoms with Crippen molar-refractivity contribution < 1.29 is 36.6 Å². The maximum Gasteiger partial charge on any atom is 0.397 e. The highest BCUT2D eigenvalue weighted by Gasteiger charge is 2.56. The minimum Gasteiger partial charge on any atom is -0.497 e. The van der Waals surface area contributed by atoms with Gasteiger partial charge in [-0.15, -0.1) is 0 Å². The summed E-state index contributed by atoms with van der Waals surface area (Å²) in [6.07, 6.45) is 12.3. The molecule has 0 radical (unpaired) electrons. The first-order valence-corrected chi connectivity index (χ1v) is 18.2. The van der Waals surface area contributed by atoms with Crippen LogP contribution < -0.4 is 10.1 Å². The van der Waals surface area contributed by atoms with Gasteiger partial charge in [-0.25, -0.2) is 8.98 Å². The van der Waals surface area contributed by atoms with Gasteiger partial charge in [-0.1, -0.05) is 50.1 Å². The number of carbonyl (C=O) groups is 2. The lowest BCUT2D eigenvalue weighted by Crippen LogP contribution is -2.48. The highest BCUT2D eigenvalue weighted by atomic mass is 32.3. The third-order valence-corrected chi connectivity index (χ3v) is 12.9. The van der Waals surface area contributed by atoms with Crippen molar-refractivity contribution in [3.05, 3.63) is 52.6 Å². The number of carboxylic acids is 1. The summed E-state index contributed by atoms with van der Waals surface area (Å²) < 4.78 is 42.1. The van der Waals surface area contributed by atoms with Crippen molar-refractivity contribution in [2.24, 2.45) is 34.5 Å². The number of hydrogen-bond donors (Lipinski definition) is 3. The average molecular weight is 658 g/mol. The molecule has 0 spiro atoms. The predicted octanol–water partition coefficient (Wildman–Crippen LogP) is 7.21. The lowest BCUT2D eigenvalue weighted by atomic mass is 9.49. The molecule has 9 nitrogen and oxygen atoms in total. The Morgan fingerprint density at radius 1 is 1.09 bits per heavy atom. The highest BCUT2D eigenvalue weighted by Crippen LogP contribution is 2.66. The van der Waals surface area contributed by atoms with Crippen molar-refractivity contribution in [1.29, 1.82) is 0 Å². The number of methoxy groups -OCH3 is 1. The Morgan fingerprint density at radius 3 is 2.46 bits per heavy atom. The van der Waals surface area contributed by atoms with Gasteiger partial charge in [0.2, 0.25) is 5.91 Å². The van der Waals surface area contributed by atoms with Gasteiger partial charge < -0.3 is 15.2 Å².